The highest BCUT2D eigenvalue weighted by molar-refractivity contribution is 6.31. The SMILES string of the molecule is Cn1c2ccccc2c2ccc(CC(=O)N(CC(=O)O)Cc3ccc(F)cc3Cl)cc21. The molecule has 0 radical (unpaired) electrons. The number of aryl methyl sites for hydroxylation is 1. The Morgan fingerprint density at radius 1 is 1.03 bits per heavy atom. The number of hydrogen-bond acceptors (Lipinski definition) is 2. The van der Waals surface area contributed by atoms with Crippen LogP contribution in [0, 0.1) is 5.82 Å². The number of aliphatic carboxylic acids is 1. The van der Waals surface area contributed by atoms with Crippen molar-refractivity contribution in [2.24, 2.45) is 7.05 Å². The van der Waals surface area contributed by atoms with Crippen molar-refractivity contribution in [1.29, 1.82) is 0 Å². The Morgan fingerprint density at radius 2 is 1.77 bits per heavy atom. The van der Waals surface area contributed by atoms with Gasteiger partial charge in [0.25, 0.3) is 0 Å². The third-order valence-corrected chi connectivity index (χ3v) is 5.74. The van der Waals surface area contributed by atoms with Crippen LogP contribution in [0.5, 0.6) is 0 Å². The van der Waals surface area contributed by atoms with Gasteiger partial charge in [-0.3, -0.25) is 9.59 Å². The van der Waals surface area contributed by atoms with E-state index in [1.165, 1.54) is 17.0 Å². The van der Waals surface area contributed by atoms with Gasteiger partial charge in [-0.2, -0.15) is 0 Å². The van der Waals surface area contributed by atoms with Crippen molar-refractivity contribution >= 4 is 45.3 Å². The number of rotatable bonds is 6. The fraction of sp³-hybridized carbons (Fsp3) is 0.167. The van der Waals surface area contributed by atoms with Gasteiger partial charge in [-0.1, -0.05) is 48.0 Å². The van der Waals surface area contributed by atoms with Crippen molar-refractivity contribution < 1.29 is 19.1 Å². The molecule has 7 heteroatoms. The van der Waals surface area contributed by atoms with Gasteiger partial charge in [-0.05, 0) is 35.4 Å². The number of hydrogen-bond donors (Lipinski definition) is 1. The first-order chi connectivity index (χ1) is 14.8. The summed E-state index contributed by atoms with van der Waals surface area (Å²) in [5, 5.41) is 11.6. The lowest BCUT2D eigenvalue weighted by Crippen LogP contribution is -2.36. The average Bonchev–Trinajstić information content (AvgIpc) is 3.01. The summed E-state index contributed by atoms with van der Waals surface area (Å²) in [4.78, 5) is 25.5. The molecular formula is C24H20ClFN2O3. The van der Waals surface area contributed by atoms with Crippen LogP contribution in [0.25, 0.3) is 21.8 Å². The number of carbonyl (C=O) groups excluding carboxylic acids is 1. The van der Waals surface area contributed by atoms with Gasteiger partial charge in [0.1, 0.15) is 12.4 Å². The van der Waals surface area contributed by atoms with E-state index >= 15 is 0 Å². The molecule has 0 fully saturated rings. The van der Waals surface area contributed by atoms with Gasteiger partial charge in [-0.15, -0.1) is 0 Å². The molecule has 4 aromatic rings. The van der Waals surface area contributed by atoms with E-state index in [2.05, 4.69) is 10.6 Å². The van der Waals surface area contributed by atoms with Gasteiger partial charge in [-0.25, -0.2) is 4.39 Å². The van der Waals surface area contributed by atoms with Gasteiger partial charge in [0.2, 0.25) is 5.91 Å². The number of halogens is 2. The number of nitrogens with zero attached hydrogens (tertiary/aromatic N) is 2. The van der Waals surface area contributed by atoms with Crippen molar-refractivity contribution in [1.82, 2.24) is 9.47 Å². The first-order valence-corrected chi connectivity index (χ1v) is 10.1. The second-order valence-electron chi connectivity index (χ2n) is 7.48. The third-order valence-electron chi connectivity index (χ3n) is 5.39. The van der Waals surface area contributed by atoms with E-state index in [-0.39, 0.29) is 23.9 Å². The van der Waals surface area contributed by atoms with Gasteiger partial charge >= 0.3 is 5.97 Å². The Balaban J connectivity index is 1.61. The molecule has 3 aromatic carbocycles. The zero-order chi connectivity index (χ0) is 22.1. The van der Waals surface area contributed by atoms with Crippen LogP contribution in [-0.4, -0.2) is 33.0 Å². The topological polar surface area (TPSA) is 62.5 Å². The summed E-state index contributed by atoms with van der Waals surface area (Å²) in [6.07, 6.45) is 0.0452. The first kappa shape index (κ1) is 20.9. The lowest BCUT2D eigenvalue weighted by atomic mass is 10.1. The first-order valence-electron chi connectivity index (χ1n) is 9.73. The predicted molar refractivity (Wildman–Crippen MR) is 119 cm³/mol. The number of carbonyl (C=O) groups is 2. The molecule has 0 saturated carbocycles. The highest BCUT2D eigenvalue weighted by Crippen LogP contribution is 2.29. The van der Waals surface area contributed by atoms with Crippen molar-refractivity contribution in [3.8, 4) is 0 Å². The minimum Gasteiger partial charge on any atom is -0.480 e. The van der Waals surface area contributed by atoms with E-state index in [1.807, 2.05) is 43.4 Å². The highest BCUT2D eigenvalue weighted by Gasteiger charge is 2.20. The molecule has 1 aromatic heterocycles. The fourth-order valence-corrected chi connectivity index (χ4v) is 4.08. The molecule has 0 atom stereocenters. The molecule has 31 heavy (non-hydrogen) atoms. The number of fused-ring (bicyclic) bond motifs is 3. The Bertz CT molecular complexity index is 1320. The molecule has 158 valence electrons. The molecule has 1 heterocycles. The number of amides is 1. The number of benzene rings is 3. The fourth-order valence-electron chi connectivity index (χ4n) is 3.85. The quantitative estimate of drug-likeness (QED) is 0.471. The normalized spacial score (nSPS) is 11.2. The van der Waals surface area contributed by atoms with E-state index in [4.69, 9.17) is 11.6 Å². The van der Waals surface area contributed by atoms with E-state index in [0.29, 0.717) is 5.56 Å². The van der Waals surface area contributed by atoms with E-state index < -0.39 is 18.3 Å². The second kappa shape index (κ2) is 8.40. The number of para-hydroxylation sites is 1. The molecule has 1 N–H and O–H groups in total. The Hall–Kier alpha value is -3.38. The minimum atomic E-state index is -1.13. The lowest BCUT2D eigenvalue weighted by Gasteiger charge is -2.21. The van der Waals surface area contributed by atoms with Gasteiger partial charge in [0, 0.05) is 40.4 Å². The summed E-state index contributed by atoms with van der Waals surface area (Å²) in [6.45, 7) is -0.483. The molecule has 4 rings (SSSR count). The Morgan fingerprint density at radius 3 is 2.52 bits per heavy atom. The zero-order valence-corrected chi connectivity index (χ0v) is 17.6. The van der Waals surface area contributed by atoms with Crippen LogP contribution in [0.15, 0.2) is 60.7 Å². The molecule has 0 saturated heterocycles. The predicted octanol–water partition coefficient (Wildman–Crippen LogP) is 4.78. The molecule has 0 spiro atoms. The highest BCUT2D eigenvalue weighted by atomic mass is 35.5. The van der Waals surface area contributed by atoms with Gasteiger partial charge in [0.15, 0.2) is 0 Å². The Labute approximate surface area is 183 Å². The summed E-state index contributed by atoms with van der Waals surface area (Å²) >= 11 is 6.07. The van der Waals surface area contributed by atoms with Crippen LogP contribution < -0.4 is 0 Å². The third kappa shape index (κ3) is 4.25. The number of carboxylic acids is 1. The van der Waals surface area contributed by atoms with Crippen molar-refractivity contribution in [3.63, 3.8) is 0 Å². The molecule has 1 amide bonds. The number of carboxylic acid groups (broad SMARTS) is 1. The van der Waals surface area contributed by atoms with Crippen LogP contribution >= 0.6 is 11.6 Å². The van der Waals surface area contributed by atoms with Crippen LogP contribution in [-0.2, 0) is 29.6 Å². The van der Waals surface area contributed by atoms with Gasteiger partial charge < -0.3 is 14.6 Å². The van der Waals surface area contributed by atoms with Crippen LogP contribution in [0.1, 0.15) is 11.1 Å². The largest absolute Gasteiger partial charge is 0.480 e. The van der Waals surface area contributed by atoms with Crippen molar-refractivity contribution in [2.75, 3.05) is 6.54 Å². The molecule has 0 aliphatic carbocycles. The summed E-state index contributed by atoms with van der Waals surface area (Å²) < 4.78 is 15.4. The van der Waals surface area contributed by atoms with Crippen LogP contribution in [0.3, 0.4) is 0 Å². The zero-order valence-electron chi connectivity index (χ0n) is 16.8. The average molecular weight is 439 g/mol. The van der Waals surface area contributed by atoms with Gasteiger partial charge in [0.05, 0.1) is 6.42 Å². The maximum absolute atomic E-state index is 13.3. The Kier molecular flexibility index (Phi) is 5.65. The van der Waals surface area contributed by atoms with E-state index in [0.717, 1.165) is 33.4 Å². The summed E-state index contributed by atoms with van der Waals surface area (Å²) in [7, 11) is 1.98. The molecule has 5 nitrogen and oxygen atoms in total. The molecule has 0 unspecified atom stereocenters. The molecule has 0 aliphatic rings. The monoisotopic (exact) mass is 438 g/mol. The smallest absolute Gasteiger partial charge is 0.323 e. The van der Waals surface area contributed by atoms with Crippen molar-refractivity contribution in [3.05, 3.63) is 82.6 Å². The summed E-state index contributed by atoms with van der Waals surface area (Å²) in [5.41, 5.74) is 3.36. The molecule has 0 bridgehead atoms. The number of aromatic nitrogens is 1. The minimum absolute atomic E-state index is 0.0134. The maximum atomic E-state index is 13.3. The summed E-state index contributed by atoms with van der Waals surface area (Å²) in [6, 6.07) is 17.7. The molecule has 0 aliphatic heterocycles. The maximum Gasteiger partial charge on any atom is 0.323 e. The van der Waals surface area contributed by atoms with E-state index in [9.17, 15) is 19.1 Å². The molecular weight excluding hydrogens is 419 g/mol. The summed E-state index contributed by atoms with van der Waals surface area (Å²) in [5.74, 6) is -1.97. The second-order valence-corrected chi connectivity index (χ2v) is 7.89. The van der Waals surface area contributed by atoms with Crippen LogP contribution in [0.2, 0.25) is 5.02 Å². The van der Waals surface area contributed by atoms with Crippen molar-refractivity contribution in [2.45, 2.75) is 13.0 Å². The standard InChI is InChI=1S/C24H20ClFN2O3/c1-27-21-5-3-2-4-18(21)19-9-6-15(10-22(19)27)11-23(29)28(14-24(30)31)13-16-7-8-17(26)12-20(16)25/h2-10,12H,11,13-14H2,1H3,(H,30,31). The lowest BCUT2D eigenvalue weighted by molar-refractivity contribution is -0.144. The van der Waals surface area contributed by atoms with Crippen LogP contribution in [0.4, 0.5) is 4.39 Å². The van der Waals surface area contributed by atoms with E-state index in [1.54, 1.807) is 0 Å².